The molecule has 0 aliphatic carbocycles. The van der Waals surface area contributed by atoms with E-state index in [4.69, 9.17) is 23.2 Å². The van der Waals surface area contributed by atoms with Crippen LogP contribution in [0.15, 0.2) is 18.2 Å². The molecule has 0 heterocycles. The Labute approximate surface area is 85.8 Å². The number of hydrogen-bond acceptors (Lipinski definition) is 3. The van der Waals surface area contributed by atoms with Crippen LogP contribution < -0.4 is 9.42 Å². The standard InChI is InChI=1S/C7H7Cl2O3P/c1-13(10,11)12-6-4-2-3-5(8)7(6)9/h2-4H,1H3,(H,10,11)/p-1. The van der Waals surface area contributed by atoms with Crippen LogP contribution in [0.4, 0.5) is 0 Å². The van der Waals surface area contributed by atoms with Gasteiger partial charge in [-0.3, -0.25) is 4.57 Å². The lowest BCUT2D eigenvalue weighted by molar-refractivity contribution is -0.188. The van der Waals surface area contributed by atoms with E-state index in [2.05, 4.69) is 4.52 Å². The van der Waals surface area contributed by atoms with Crippen LogP contribution in [0.3, 0.4) is 0 Å². The Morgan fingerprint density at radius 1 is 1.46 bits per heavy atom. The predicted octanol–water partition coefficient (Wildman–Crippen LogP) is 2.56. The van der Waals surface area contributed by atoms with Crippen molar-refractivity contribution in [2.45, 2.75) is 0 Å². The molecule has 0 amide bonds. The summed E-state index contributed by atoms with van der Waals surface area (Å²) in [6.45, 7) is 0.963. The SMILES string of the molecule is CP(=O)([O-])Oc1cccc(Cl)c1Cl. The molecule has 3 nitrogen and oxygen atoms in total. The maximum Gasteiger partial charge on any atom is 0.181 e. The molecule has 0 bridgehead atoms. The largest absolute Gasteiger partial charge is 0.769 e. The van der Waals surface area contributed by atoms with E-state index in [1.807, 2.05) is 0 Å². The van der Waals surface area contributed by atoms with Crippen LogP contribution in [0.2, 0.25) is 10.0 Å². The average molecular weight is 240 g/mol. The number of hydrogen-bond donors (Lipinski definition) is 0. The first kappa shape index (κ1) is 10.9. The van der Waals surface area contributed by atoms with Crippen molar-refractivity contribution in [1.82, 2.24) is 0 Å². The minimum atomic E-state index is -3.83. The molecule has 72 valence electrons. The molecule has 0 radical (unpaired) electrons. The molecule has 1 rings (SSSR count). The van der Waals surface area contributed by atoms with Gasteiger partial charge in [-0.25, -0.2) is 0 Å². The summed E-state index contributed by atoms with van der Waals surface area (Å²) in [5, 5.41) is 0.356. The van der Waals surface area contributed by atoms with E-state index in [1.54, 1.807) is 12.1 Å². The Balaban J connectivity index is 3.03. The lowest BCUT2D eigenvalue weighted by Gasteiger charge is -2.19. The lowest BCUT2D eigenvalue weighted by Crippen LogP contribution is -2.05. The Bertz CT molecular complexity index is 361. The first-order valence-electron chi connectivity index (χ1n) is 3.32. The number of rotatable bonds is 2. The second-order valence-electron chi connectivity index (χ2n) is 2.41. The van der Waals surface area contributed by atoms with E-state index in [9.17, 15) is 9.46 Å². The average Bonchev–Trinajstić information content (AvgIpc) is 1.96. The fourth-order valence-electron chi connectivity index (χ4n) is 0.733. The highest BCUT2D eigenvalue weighted by atomic mass is 35.5. The summed E-state index contributed by atoms with van der Waals surface area (Å²) in [7, 11) is -3.83. The van der Waals surface area contributed by atoms with Gasteiger partial charge in [-0.1, -0.05) is 29.3 Å². The summed E-state index contributed by atoms with van der Waals surface area (Å²) in [5.41, 5.74) is 0. The second-order valence-corrected chi connectivity index (χ2v) is 4.92. The molecule has 1 aromatic carbocycles. The topological polar surface area (TPSA) is 49.4 Å². The molecular weight excluding hydrogens is 234 g/mol. The lowest BCUT2D eigenvalue weighted by atomic mass is 10.3. The third kappa shape index (κ3) is 3.20. The predicted molar refractivity (Wildman–Crippen MR) is 50.6 cm³/mol. The van der Waals surface area contributed by atoms with Crippen LogP contribution in [0.1, 0.15) is 0 Å². The van der Waals surface area contributed by atoms with Gasteiger partial charge in [0.05, 0.1) is 5.02 Å². The van der Waals surface area contributed by atoms with Crippen LogP contribution in [0.25, 0.3) is 0 Å². The van der Waals surface area contributed by atoms with Crippen LogP contribution in [-0.4, -0.2) is 6.66 Å². The van der Waals surface area contributed by atoms with Crippen LogP contribution in [0.5, 0.6) is 5.75 Å². The smallest absolute Gasteiger partial charge is 0.181 e. The second kappa shape index (κ2) is 3.89. The Hall–Kier alpha value is -0.210. The van der Waals surface area contributed by atoms with Crippen molar-refractivity contribution in [3.8, 4) is 5.75 Å². The van der Waals surface area contributed by atoms with Gasteiger partial charge in [-0.2, -0.15) is 0 Å². The zero-order valence-electron chi connectivity index (χ0n) is 6.66. The minimum absolute atomic E-state index is 0.0509. The minimum Gasteiger partial charge on any atom is -0.769 e. The fraction of sp³-hybridized carbons (Fsp3) is 0.143. The highest BCUT2D eigenvalue weighted by Gasteiger charge is 2.08. The van der Waals surface area contributed by atoms with E-state index < -0.39 is 7.60 Å². The molecule has 1 atom stereocenters. The van der Waals surface area contributed by atoms with Gasteiger partial charge >= 0.3 is 0 Å². The van der Waals surface area contributed by atoms with Crippen molar-refractivity contribution >= 4 is 30.8 Å². The molecule has 0 N–H and O–H groups in total. The summed E-state index contributed by atoms with van der Waals surface area (Å²) >= 11 is 11.3. The van der Waals surface area contributed by atoms with E-state index in [1.165, 1.54) is 6.07 Å². The van der Waals surface area contributed by atoms with Gasteiger partial charge < -0.3 is 9.42 Å². The Morgan fingerprint density at radius 3 is 2.62 bits per heavy atom. The molecule has 0 saturated carbocycles. The van der Waals surface area contributed by atoms with E-state index in [0.29, 0.717) is 0 Å². The molecule has 0 aromatic heterocycles. The number of benzene rings is 1. The molecule has 0 spiro atoms. The van der Waals surface area contributed by atoms with Gasteiger partial charge in [-0.15, -0.1) is 0 Å². The van der Waals surface area contributed by atoms with Crippen LogP contribution >= 0.6 is 30.8 Å². The van der Waals surface area contributed by atoms with Crippen molar-refractivity contribution in [3.05, 3.63) is 28.2 Å². The molecule has 0 fully saturated rings. The molecule has 0 saturated heterocycles. The first-order valence-corrected chi connectivity index (χ1v) is 6.07. The van der Waals surface area contributed by atoms with Gasteiger partial charge in [0.2, 0.25) is 0 Å². The van der Waals surface area contributed by atoms with Crippen molar-refractivity contribution < 1.29 is 14.0 Å². The molecule has 0 aliphatic rings. The molecular formula is C7H6Cl2O3P-. The first-order chi connectivity index (χ1) is 5.90. The highest BCUT2D eigenvalue weighted by Crippen LogP contribution is 2.40. The molecule has 13 heavy (non-hydrogen) atoms. The Morgan fingerprint density at radius 2 is 2.08 bits per heavy atom. The highest BCUT2D eigenvalue weighted by molar-refractivity contribution is 7.50. The maximum atomic E-state index is 10.8. The van der Waals surface area contributed by atoms with Gasteiger partial charge in [0.25, 0.3) is 0 Å². The quantitative estimate of drug-likeness (QED) is 0.746. The number of halogens is 2. The molecule has 1 aromatic rings. The van der Waals surface area contributed by atoms with Gasteiger partial charge in [0.1, 0.15) is 10.8 Å². The fourth-order valence-corrected chi connectivity index (χ4v) is 1.63. The van der Waals surface area contributed by atoms with Gasteiger partial charge in [0.15, 0.2) is 7.60 Å². The third-order valence-corrected chi connectivity index (χ3v) is 2.51. The summed E-state index contributed by atoms with van der Waals surface area (Å²) in [5.74, 6) is 0.0509. The van der Waals surface area contributed by atoms with Crippen molar-refractivity contribution in [2.75, 3.05) is 6.66 Å². The summed E-state index contributed by atoms with van der Waals surface area (Å²) in [6, 6.07) is 4.53. The van der Waals surface area contributed by atoms with Crippen molar-refractivity contribution in [3.63, 3.8) is 0 Å². The molecule has 6 heteroatoms. The van der Waals surface area contributed by atoms with Crippen molar-refractivity contribution in [2.24, 2.45) is 0 Å². The maximum absolute atomic E-state index is 10.8. The van der Waals surface area contributed by atoms with Gasteiger partial charge in [0, 0.05) is 6.66 Å². The zero-order chi connectivity index (χ0) is 10.1. The van der Waals surface area contributed by atoms with Gasteiger partial charge in [-0.05, 0) is 12.1 Å². The summed E-state index contributed by atoms with van der Waals surface area (Å²) in [6.07, 6.45) is 0. The van der Waals surface area contributed by atoms with E-state index in [-0.39, 0.29) is 15.8 Å². The zero-order valence-corrected chi connectivity index (χ0v) is 9.07. The summed E-state index contributed by atoms with van der Waals surface area (Å²) in [4.78, 5) is 10.8. The normalized spacial score (nSPS) is 15.1. The summed E-state index contributed by atoms with van der Waals surface area (Å²) < 4.78 is 15.4. The third-order valence-electron chi connectivity index (χ3n) is 1.18. The molecule has 0 aliphatic heterocycles. The van der Waals surface area contributed by atoms with E-state index >= 15 is 0 Å². The monoisotopic (exact) mass is 239 g/mol. The Kier molecular flexibility index (Phi) is 3.25. The van der Waals surface area contributed by atoms with E-state index in [0.717, 1.165) is 6.66 Å². The van der Waals surface area contributed by atoms with Crippen molar-refractivity contribution in [1.29, 1.82) is 0 Å². The molecule has 1 unspecified atom stereocenters. The van der Waals surface area contributed by atoms with Crippen LogP contribution in [-0.2, 0) is 4.57 Å². The van der Waals surface area contributed by atoms with Crippen LogP contribution in [0, 0.1) is 0 Å².